The lowest BCUT2D eigenvalue weighted by Gasteiger charge is -2.15. The Kier molecular flexibility index (Phi) is 6.17. The first-order valence-corrected chi connectivity index (χ1v) is 10.2. The Morgan fingerprint density at radius 3 is 2.46 bits per heavy atom. The molecular weight excluding hydrogens is 350 g/mol. The molecule has 6 nitrogen and oxygen atoms in total. The number of aromatic nitrogens is 4. The van der Waals surface area contributed by atoms with Gasteiger partial charge in [0.05, 0.1) is 0 Å². The summed E-state index contributed by atoms with van der Waals surface area (Å²) in [6.07, 6.45) is 6.32. The second kappa shape index (κ2) is 8.59. The molecule has 0 radical (unpaired) electrons. The fourth-order valence-electron chi connectivity index (χ4n) is 3.17. The predicted octanol–water partition coefficient (Wildman–Crippen LogP) is 5.32. The molecule has 0 unspecified atom stereocenters. The Bertz CT molecular complexity index is 915. The summed E-state index contributed by atoms with van der Waals surface area (Å²) in [5.74, 6) is 0.840. The highest BCUT2D eigenvalue weighted by molar-refractivity contribution is 5.90. The van der Waals surface area contributed by atoms with Crippen LogP contribution in [-0.2, 0) is 10.2 Å². The third-order valence-electron chi connectivity index (χ3n) is 4.94. The molecule has 0 aliphatic rings. The number of nitrogens with zero attached hydrogens (tertiary/aromatic N) is 3. The first kappa shape index (κ1) is 20.1. The molecule has 0 spiro atoms. The molecule has 0 aliphatic carbocycles. The normalized spacial score (nSPS) is 11.9. The lowest BCUT2D eigenvalue weighted by molar-refractivity contribution is -0.116. The summed E-state index contributed by atoms with van der Waals surface area (Å²) in [6.45, 7) is 8.67. The summed E-state index contributed by atoms with van der Waals surface area (Å²) in [4.78, 5) is 12.1. The van der Waals surface area contributed by atoms with Gasteiger partial charge in [0.15, 0.2) is 11.5 Å². The van der Waals surface area contributed by atoms with E-state index < -0.39 is 0 Å². The number of benzene rings is 1. The van der Waals surface area contributed by atoms with Gasteiger partial charge in [-0.2, -0.15) is 0 Å². The molecule has 1 amide bonds. The van der Waals surface area contributed by atoms with Gasteiger partial charge in [-0.1, -0.05) is 53.4 Å². The maximum absolute atomic E-state index is 12.1. The van der Waals surface area contributed by atoms with E-state index in [0.717, 1.165) is 41.3 Å². The number of fused-ring (bicyclic) bond motifs is 1. The van der Waals surface area contributed by atoms with Gasteiger partial charge in [-0.15, -0.1) is 10.2 Å². The SMILES string of the molecule is CCCCCCCC(=O)Nc1ccc(-c2nnc3cc(C(C)(C)C)[nH]n23)cc1. The molecule has 3 aromatic rings. The lowest BCUT2D eigenvalue weighted by atomic mass is 9.93. The quantitative estimate of drug-likeness (QED) is 0.518. The number of carbonyl (C=O) groups excluding carboxylic acids is 1. The van der Waals surface area contributed by atoms with Crippen molar-refractivity contribution in [2.75, 3.05) is 5.32 Å². The van der Waals surface area contributed by atoms with Crippen molar-refractivity contribution in [2.45, 2.75) is 71.6 Å². The van der Waals surface area contributed by atoms with Gasteiger partial charge in [-0.3, -0.25) is 9.89 Å². The van der Waals surface area contributed by atoms with E-state index in [2.05, 4.69) is 48.3 Å². The van der Waals surface area contributed by atoms with E-state index in [0.29, 0.717) is 6.42 Å². The number of H-pyrrole nitrogens is 1. The number of nitrogens with one attached hydrogen (secondary N) is 2. The number of hydrogen-bond acceptors (Lipinski definition) is 3. The van der Waals surface area contributed by atoms with E-state index in [1.165, 1.54) is 19.3 Å². The number of unbranched alkanes of at least 4 members (excludes halogenated alkanes) is 4. The van der Waals surface area contributed by atoms with Crippen molar-refractivity contribution in [1.29, 1.82) is 0 Å². The van der Waals surface area contributed by atoms with Crippen LogP contribution in [0.2, 0.25) is 0 Å². The van der Waals surface area contributed by atoms with Crippen molar-refractivity contribution in [1.82, 2.24) is 19.8 Å². The fourth-order valence-corrected chi connectivity index (χ4v) is 3.17. The fraction of sp³-hybridized carbons (Fsp3) is 0.500. The standard InChI is InChI=1S/C22H31N5O/c1-5-6-7-8-9-10-20(28)23-17-13-11-16(12-14-17)21-25-24-19-15-18(22(2,3)4)26-27(19)21/h11-15,26H,5-10H2,1-4H3,(H,23,28). The molecule has 6 heteroatoms. The number of carbonyl (C=O) groups is 1. The van der Waals surface area contributed by atoms with Gasteiger partial charge in [0, 0.05) is 34.8 Å². The molecule has 150 valence electrons. The number of aromatic amines is 1. The largest absolute Gasteiger partial charge is 0.326 e. The average Bonchev–Trinajstić information content (AvgIpc) is 3.23. The van der Waals surface area contributed by atoms with Crippen molar-refractivity contribution < 1.29 is 4.79 Å². The Morgan fingerprint density at radius 1 is 1.07 bits per heavy atom. The Morgan fingerprint density at radius 2 is 1.79 bits per heavy atom. The van der Waals surface area contributed by atoms with E-state index in [1.54, 1.807) is 0 Å². The molecular formula is C22H31N5O. The number of rotatable bonds is 8. The molecule has 2 N–H and O–H groups in total. The minimum atomic E-state index is 0.0165. The smallest absolute Gasteiger partial charge is 0.224 e. The molecule has 0 bridgehead atoms. The molecule has 2 heterocycles. The highest BCUT2D eigenvalue weighted by Gasteiger charge is 2.19. The summed E-state index contributed by atoms with van der Waals surface area (Å²) < 4.78 is 1.91. The van der Waals surface area contributed by atoms with E-state index in [1.807, 2.05) is 34.8 Å². The van der Waals surface area contributed by atoms with Crippen molar-refractivity contribution in [3.05, 3.63) is 36.0 Å². The van der Waals surface area contributed by atoms with Crippen LogP contribution in [0.15, 0.2) is 30.3 Å². The molecule has 0 saturated carbocycles. The Labute approximate surface area is 166 Å². The van der Waals surface area contributed by atoms with Gasteiger partial charge >= 0.3 is 0 Å². The minimum Gasteiger partial charge on any atom is -0.326 e. The number of hydrogen-bond donors (Lipinski definition) is 2. The van der Waals surface area contributed by atoms with E-state index in [4.69, 9.17) is 0 Å². The minimum absolute atomic E-state index is 0.0165. The summed E-state index contributed by atoms with van der Waals surface area (Å²) in [7, 11) is 0. The maximum atomic E-state index is 12.1. The van der Waals surface area contributed by atoms with Crippen molar-refractivity contribution in [3.8, 4) is 11.4 Å². The van der Waals surface area contributed by atoms with Gasteiger partial charge in [-0.05, 0) is 30.7 Å². The van der Waals surface area contributed by atoms with Crippen LogP contribution in [0.1, 0.15) is 71.9 Å². The molecule has 28 heavy (non-hydrogen) atoms. The molecule has 0 saturated heterocycles. The molecule has 0 atom stereocenters. The third kappa shape index (κ3) is 4.80. The van der Waals surface area contributed by atoms with Crippen molar-refractivity contribution >= 4 is 17.2 Å². The Hall–Kier alpha value is -2.63. The Balaban J connectivity index is 1.64. The highest BCUT2D eigenvalue weighted by atomic mass is 16.1. The van der Waals surface area contributed by atoms with Crippen LogP contribution >= 0.6 is 0 Å². The molecule has 3 rings (SSSR count). The zero-order valence-electron chi connectivity index (χ0n) is 17.4. The van der Waals surface area contributed by atoms with Crippen molar-refractivity contribution in [3.63, 3.8) is 0 Å². The van der Waals surface area contributed by atoms with E-state index >= 15 is 0 Å². The van der Waals surface area contributed by atoms with Gasteiger partial charge in [-0.25, -0.2) is 4.52 Å². The topological polar surface area (TPSA) is 75.1 Å². The second-order valence-electron chi connectivity index (χ2n) is 8.43. The summed E-state index contributed by atoms with van der Waals surface area (Å²) in [6, 6.07) is 9.79. The number of amides is 1. The summed E-state index contributed by atoms with van der Waals surface area (Å²) in [5.41, 5.74) is 3.70. The molecule has 1 aromatic carbocycles. The summed E-state index contributed by atoms with van der Waals surface area (Å²) in [5, 5.41) is 14.9. The van der Waals surface area contributed by atoms with Crippen LogP contribution in [0, 0.1) is 0 Å². The van der Waals surface area contributed by atoms with Crippen LogP contribution in [0.3, 0.4) is 0 Å². The average molecular weight is 382 g/mol. The van der Waals surface area contributed by atoms with Crippen molar-refractivity contribution in [2.24, 2.45) is 0 Å². The lowest BCUT2D eigenvalue weighted by Crippen LogP contribution is -2.12. The van der Waals surface area contributed by atoms with Gasteiger partial charge in [0.1, 0.15) is 0 Å². The zero-order valence-corrected chi connectivity index (χ0v) is 17.4. The second-order valence-corrected chi connectivity index (χ2v) is 8.43. The molecule has 0 aliphatic heterocycles. The van der Waals surface area contributed by atoms with Crippen LogP contribution in [0.5, 0.6) is 0 Å². The monoisotopic (exact) mass is 381 g/mol. The maximum Gasteiger partial charge on any atom is 0.224 e. The molecule has 2 aromatic heterocycles. The van der Waals surface area contributed by atoms with E-state index in [-0.39, 0.29) is 11.3 Å². The van der Waals surface area contributed by atoms with Gasteiger partial charge < -0.3 is 5.32 Å². The van der Waals surface area contributed by atoms with Crippen LogP contribution in [0.4, 0.5) is 5.69 Å². The third-order valence-corrected chi connectivity index (χ3v) is 4.94. The highest BCUT2D eigenvalue weighted by Crippen LogP contribution is 2.25. The van der Waals surface area contributed by atoms with Crippen LogP contribution in [0.25, 0.3) is 17.0 Å². The predicted molar refractivity (Wildman–Crippen MR) is 113 cm³/mol. The van der Waals surface area contributed by atoms with E-state index in [9.17, 15) is 4.79 Å². The van der Waals surface area contributed by atoms with Crippen LogP contribution < -0.4 is 5.32 Å². The number of anilines is 1. The van der Waals surface area contributed by atoms with Gasteiger partial charge in [0.2, 0.25) is 5.91 Å². The first-order chi connectivity index (χ1) is 13.4. The molecule has 0 fully saturated rings. The summed E-state index contributed by atoms with van der Waals surface area (Å²) >= 11 is 0. The zero-order chi connectivity index (χ0) is 20.1. The first-order valence-electron chi connectivity index (χ1n) is 10.2. The van der Waals surface area contributed by atoms with Gasteiger partial charge in [0.25, 0.3) is 0 Å². The van der Waals surface area contributed by atoms with Crippen LogP contribution in [-0.4, -0.2) is 25.7 Å².